The molecule has 0 atom stereocenters. The minimum absolute atomic E-state index is 0.340. The van der Waals surface area contributed by atoms with Gasteiger partial charge in [0, 0.05) is 16.9 Å². The van der Waals surface area contributed by atoms with E-state index in [9.17, 15) is 8.42 Å². The summed E-state index contributed by atoms with van der Waals surface area (Å²) >= 11 is 3.44. The molecule has 0 amide bonds. The minimum Gasteiger partial charge on any atom is -0.241 e. The van der Waals surface area contributed by atoms with E-state index in [4.69, 9.17) is 0 Å². The molecular weight excluding hydrogens is 350 g/mol. The lowest BCUT2D eigenvalue weighted by atomic mass is 10.1. The molecule has 0 N–H and O–H groups in total. The van der Waals surface area contributed by atoms with Crippen LogP contribution >= 0.6 is 15.9 Å². The molecular formula is C16H14BrNO2S. The van der Waals surface area contributed by atoms with Crippen molar-refractivity contribution >= 4 is 36.9 Å². The molecule has 0 saturated heterocycles. The highest BCUT2D eigenvalue weighted by Crippen LogP contribution is 2.27. The molecule has 1 aromatic heterocycles. The van der Waals surface area contributed by atoms with Gasteiger partial charge < -0.3 is 0 Å². The Morgan fingerprint density at radius 3 is 2.52 bits per heavy atom. The number of halogens is 1. The number of rotatable bonds is 3. The Morgan fingerprint density at radius 2 is 1.81 bits per heavy atom. The largest absolute Gasteiger partial charge is 0.268 e. The second kappa shape index (κ2) is 5.31. The van der Waals surface area contributed by atoms with Crippen LogP contribution in [0.1, 0.15) is 11.1 Å². The van der Waals surface area contributed by atoms with Crippen molar-refractivity contribution in [2.75, 3.05) is 0 Å². The summed E-state index contributed by atoms with van der Waals surface area (Å²) in [6.45, 7) is 1.81. The lowest BCUT2D eigenvalue weighted by Gasteiger charge is -2.10. The van der Waals surface area contributed by atoms with Gasteiger partial charge in [-0.2, -0.15) is 0 Å². The maximum absolute atomic E-state index is 12.9. The third-order valence-electron chi connectivity index (χ3n) is 3.56. The molecule has 108 valence electrons. The fourth-order valence-corrected chi connectivity index (χ4v) is 4.55. The molecule has 0 aliphatic carbocycles. The zero-order valence-electron chi connectivity index (χ0n) is 11.5. The van der Waals surface area contributed by atoms with Crippen molar-refractivity contribution in [2.24, 2.45) is 0 Å². The molecule has 3 rings (SSSR count). The van der Waals surface area contributed by atoms with Crippen molar-refractivity contribution in [3.05, 3.63) is 65.9 Å². The zero-order valence-corrected chi connectivity index (χ0v) is 13.9. The Bertz CT molecular complexity index is 913. The quantitative estimate of drug-likeness (QED) is 0.657. The van der Waals surface area contributed by atoms with Crippen LogP contribution in [0.2, 0.25) is 0 Å². The summed E-state index contributed by atoms with van der Waals surface area (Å²) in [7, 11) is -3.58. The van der Waals surface area contributed by atoms with Gasteiger partial charge in [-0.1, -0.05) is 46.3 Å². The van der Waals surface area contributed by atoms with E-state index in [1.807, 2.05) is 43.3 Å². The SMILES string of the molecule is Cc1ccccc1S(=O)(=O)n1ccc2c(CBr)cccc21. The van der Waals surface area contributed by atoms with Crippen LogP contribution in [0.3, 0.4) is 0 Å². The molecule has 2 aromatic carbocycles. The van der Waals surface area contributed by atoms with Gasteiger partial charge in [-0.15, -0.1) is 0 Å². The average molecular weight is 364 g/mol. The first kappa shape index (κ1) is 14.4. The summed E-state index contributed by atoms with van der Waals surface area (Å²) in [6, 6.07) is 14.6. The van der Waals surface area contributed by atoms with E-state index >= 15 is 0 Å². The number of aryl methyl sites for hydroxylation is 1. The van der Waals surface area contributed by atoms with Crippen molar-refractivity contribution in [3.8, 4) is 0 Å². The molecule has 3 nitrogen and oxygen atoms in total. The normalized spacial score (nSPS) is 11.9. The first-order valence-corrected chi connectivity index (χ1v) is 9.08. The van der Waals surface area contributed by atoms with Gasteiger partial charge in [0.2, 0.25) is 0 Å². The van der Waals surface area contributed by atoms with Crippen molar-refractivity contribution in [2.45, 2.75) is 17.1 Å². The van der Waals surface area contributed by atoms with Crippen LogP contribution in [-0.4, -0.2) is 12.4 Å². The second-order valence-electron chi connectivity index (χ2n) is 4.87. The molecule has 0 saturated carbocycles. The van der Waals surface area contributed by atoms with Crippen LogP contribution in [0.4, 0.5) is 0 Å². The summed E-state index contributed by atoms with van der Waals surface area (Å²) in [5.74, 6) is 0. The summed E-state index contributed by atoms with van der Waals surface area (Å²) in [5, 5.41) is 1.64. The van der Waals surface area contributed by atoms with Gasteiger partial charge >= 0.3 is 0 Å². The van der Waals surface area contributed by atoms with Gasteiger partial charge in [-0.25, -0.2) is 12.4 Å². The number of nitrogens with zero attached hydrogens (tertiary/aromatic N) is 1. The first-order chi connectivity index (χ1) is 10.1. The molecule has 0 aliphatic rings. The van der Waals surface area contributed by atoms with Crippen molar-refractivity contribution in [3.63, 3.8) is 0 Å². The van der Waals surface area contributed by atoms with Crippen LogP contribution in [0.15, 0.2) is 59.6 Å². The van der Waals surface area contributed by atoms with Crippen molar-refractivity contribution in [1.29, 1.82) is 0 Å². The average Bonchev–Trinajstić information content (AvgIpc) is 2.92. The molecule has 21 heavy (non-hydrogen) atoms. The highest BCUT2D eigenvalue weighted by atomic mass is 79.9. The Morgan fingerprint density at radius 1 is 1.05 bits per heavy atom. The molecule has 0 radical (unpaired) electrons. The topological polar surface area (TPSA) is 39.1 Å². The summed E-state index contributed by atoms with van der Waals surface area (Å²) in [6.07, 6.45) is 1.62. The zero-order chi connectivity index (χ0) is 15.0. The van der Waals surface area contributed by atoms with Crippen LogP contribution in [0, 0.1) is 6.92 Å². The van der Waals surface area contributed by atoms with Gasteiger partial charge in [0.05, 0.1) is 10.4 Å². The summed E-state index contributed by atoms with van der Waals surface area (Å²) in [5.41, 5.74) is 2.53. The first-order valence-electron chi connectivity index (χ1n) is 6.52. The maximum atomic E-state index is 12.9. The fourth-order valence-electron chi connectivity index (χ4n) is 2.48. The van der Waals surface area contributed by atoms with Gasteiger partial charge in [-0.05, 0) is 36.2 Å². The Labute approximate surface area is 132 Å². The molecule has 0 aliphatic heterocycles. The third-order valence-corrected chi connectivity index (χ3v) is 6.02. The van der Waals surface area contributed by atoms with Crippen molar-refractivity contribution in [1.82, 2.24) is 3.97 Å². The van der Waals surface area contributed by atoms with Gasteiger partial charge in [-0.3, -0.25) is 0 Å². The van der Waals surface area contributed by atoms with E-state index in [1.165, 1.54) is 3.97 Å². The fraction of sp³-hybridized carbons (Fsp3) is 0.125. The number of hydrogen-bond acceptors (Lipinski definition) is 2. The molecule has 0 spiro atoms. The Kier molecular flexibility index (Phi) is 3.63. The molecule has 0 bridgehead atoms. The number of hydrogen-bond donors (Lipinski definition) is 0. The van der Waals surface area contributed by atoms with Gasteiger partial charge in [0.15, 0.2) is 0 Å². The third kappa shape index (κ3) is 2.30. The van der Waals surface area contributed by atoms with Crippen molar-refractivity contribution < 1.29 is 8.42 Å². The standard InChI is InChI=1S/C16H14BrNO2S/c1-12-5-2-3-8-16(12)21(19,20)18-10-9-14-13(11-17)6-4-7-15(14)18/h2-10H,11H2,1H3. The predicted octanol–water partition coefficient (Wildman–Crippen LogP) is 4.08. The molecule has 1 heterocycles. The van der Waals surface area contributed by atoms with Gasteiger partial charge in [0.25, 0.3) is 10.0 Å². The van der Waals surface area contributed by atoms with E-state index in [-0.39, 0.29) is 0 Å². The molecule has 0 unspecified atom stereocenters. The Balaban J connectivity index is 2.28. The molecule has 3 aromatic rings. The monoisotopic (exact) mass is 363 g/mol. The van der Waals surface area contributed by atoms with Crippen LogP contribution < -0.4 is 0 Å². The van der Waals surface area contributed by atoms with Gasteiger partial charge in [0.1, 0.15) is 0 Å². The highest BCUT2D eigenvalue weighted by Gasteiger charge is 2.20. The number of benzene rings is 2. The van der Waals surface area contributed by atoms with E-state index < -0.39 is 10.0 Å². The van der Waals surface area contributed by atoms with E-state index in [2.05, 4.69) is 15.9 Å². The molecule has 0 fully saturated rings. The van der Waals surface area contributed by atoms with E-state index in [0.29, 0.717) is 15.7 Å². The minimum atomic E-state index is -3.58. The number of alkyl halides is 1. The highest BCUT2D eigenvalue weighted by molar-refractivity contribution is 9.08. The van der Waals surface area contributed by atoms with E-state index in [0.717, 1.165) is 16.5 Å². The second-order valence-corrected chi connectivity index (χ2v) is 7.21. The summed E-state index contributed by atoms with van der Waals surface area (Å²) < 4.78 is 27.1. The predicted molar refractivity (Wildman–Crippen MR) is 88.3 cm³/mol. The molecule has 5 heteroatoms. The lowest BCUT2D eigenvalue weighted by molar-refractivity contribution is 0.588. The van der Waals surface area contributed by atoms with E-state index in [1.54, 1.807) is 18.3 Å². The van der Waals surface area contributed by atoms with Crippen LogP contribution in [0.5, 0.6) is 0 Å². The smallest absolute Gasteiger partial charge is 0.241 e. The Hall–Kier alpha value is -1.59. The maximum Gasteiger partial charge on any atom is 0.268 e. The number of aromatic nitrogens is 1. The van der Waals surface area contributed by atoms with Crippen LogP contribution in [-0.2, 0) is 15.4 Å². The lowest BCUT2D eigenvalue weighted by Crippen LogP contribution is -2.13. The summed E-state index contributed by atoms with van der Waals surface area (Å²) in [4.78, 5) is 0.340. The van der Waals surface area contributed by atoms with Crippen LogP contribution in [0.25, 0.3) is 10.9 Å². The number of fused-ring (bicyclic) bond motifs is 1.